The van der Waals surface area contributed by atoms with Crippen LogP contribution >= 0.6 is 0 Å². The number of rotatable bonds is 6. The van der Waals surface area contributed by atoms with Gasteiger partial charge in [-0.05, 0) is 26.0 Å². The molecular formula is C12H18N2O. The normalized spacial score (nSPS) is 10.0. The fourth-order valence-electron chi connectivity index (χ4n) is 1.27. The molecule has 15 heavy (non-hydrogen) atoms. The Hall–Kier alpha value is -1.35. The van der Waals surface area contributed by atoms with Gasteiger partial charge in [0.05, 0.1) is 6.61 Å². The molecule has 0 spiro atoms. The summed E-state index contributed by atoms with van der Waals surface area (Å²) in [6, 6.07) is 3.95. The average molecular weight is 206 g/mol. The van der Waals surface area contributed by atoms with E-state index in [4.69, 9.17) is 4.74 Å². The summed E-state index contributed by atoms with van der Waals surface area (Å²) >= 11 is 0. The number of hydrogen-bond acceptors (Lipinski definition) is 3. The van der Waals surface area contributed by atoms with Crippen LogP contribution in [0.5, 0.6) is 5.88 Å². The molecule has 0 aliphatic rings. The lowest BCUT2D eigenvalue weighted by Crippen LogP contribution is -2.08. The summed E-state index contributed by atoms with van der Waals surface area (Å²) in [6.07, 6.45) is 2.68. The van der Waals surface area contributed by atoms with Crippen molar-refractivity contribution < 1.29 is 4.74 Å². The van der Waals surface area contributed by atoms with Gasteiger partial charge in [0, 0.05) is 18.3 Å². The minimum Gasteiger partial charge on any atom is -0.477 e. The van der Waals surface area contributed by atoms with Crippen LogP contribution in [0.4, 0.5) is 0 Å². The van der Waals surface area contributed by atoms with Crippen molar-refractivity contribution in [3.05, 3.63) is 36.0 Å². The Morgan fingerprint density at radius 1 is 1.53 bits per heavy atom. The number of aryl methyl sites for hydroxylation is 1. The van der Waals surface area contributed by atoms with E-state index in [9.17, 15) is 0 Å². The molecule has 0 saturated carbocycles. The molecular weight excluding hydrogens is 188 g/mol. The van der Waals surface area contributed by atoms with Gasteiger partial charge in [0.15, 0.2) is 0 Å². The first-order valence-corrected chi connectivity index (χ1v) is 5.12. The van der Waals surface area contributed by atoms with Crippen molar-refractivity contribution in [3.8, 4) is 5.88 Å². The highest BCUT2D eigenvalue weighted by atomic mass is 16.5. The van der Waals surface area contributed by atoms with Gasteiger partial charge >= 0.3 is 0 Å². The molecule has 3 nitrogen and oxygen atoms in total. The third-order valence-electron chi connectivity index (χ3n) is 2.11. The molecule has 0 saturated heterocycles. The summed E-state index contributed by atoms with van der Waals surface area (Å²) in [6.45, 7) is 7.11. The van der Waals surface area contributed by atoms with Crippen molar-refractivity contribution in [2.45, 2.75) is 19.9 Å². The molecule has 0 atom stereocenters. The van der Waals surface area contributed by atoms with E-state index < -0.39 is 0 Å². The fourth-order valence-corrected chi connectivity index (χ4v) is 1.27. The Morgan fingerprint density at radius 2 is 2.33 bits per heavy atom. The van der Waals surface area contributed by atoms with Gasteiger partial charge in [-0.2, -0.15) is 0 Å². The van der Waals surface area contributed by atoms with E-state index in [1.165, 1.54) is 5.56 Å². The van der Waals surface area contributed by atoms with Gasteiger partial charge in [-0.25, -0.2) is 4.98 Å². The smallest absolute Gasteiger partial charge is 0.213 e. The van der Waals surface area contributed by atoms with E-state index in [1.54, 1.807) is 0 Å². The standard InChI is InChI=1S/C12H18N2O/c1-4-5-8-15-12-7-6-11(9-13-3)10(2)14-12/h4,6-7,13H,1,5,8-9H2,2-3H3. The number of ether oxygens (including phenoxy) is 1. The molecule has 0 unspecified atom stereocenters. The summed E-state index contributed by atoms with van der Waals surface area (Å²) in [5, 5.41) is 3.10. The molecule has 3 heteroatoms. The van der Waals surface area contributed by atoms with Crippen LogP contribution in [0.3, 0.4) is 0 Å². The van der Waals surface area contributed by atoms with E-state index in [-0.39, 0.29) is 0 Å². The van der Waals surface area contributed by atoms with Gasteiger partial charge in [-0.15, -0.1) is 6.58 Å². The molecule has 1 heterocycles. The van der Waals surface area contributed by atoms with E-state index in [0.29, 0.717) is 12.5 Å². The summed E-state index contributed by atoms with van der Waals surface area (Å²) in [5.74, 6) is 0.689. The first-order valence-electron chi connectivity index (χ1n) is 5.12. The van der Waals surface area contributed by atoms with Gasteiger partial charge in [0.2, 0.25) is 5.88 Å². The predicted molar refractivity (Wildman–Crippen MR) is 62.0 cm³/mol. The molecule has 0 aliphatic carbocycles. The maximum Gasteiger partial charge on any atom is 0.213 e. The molecule has 0 aromatic carbocycles. The monoisotopic (exact) mass is 206 g/mol. The van der Waals surface area contributed by atoms with Crippen molar-refractivity contribution in [2.75, 3.05) is 13.7 Å². The maximum atomic E-state index is 5.46. The Balaban J connectivity index is 2.60. The van der Waals surface area contributed by atoms with Crippen molar-refractivity contribution >= 4 is 0 Å². The fraction of sp³-hybridized carbons (Fsp3) is 0.417. The summed E-state index contributed by atoms with van der Waals surface area (Å²) in [4.78, 5) is 4.37. The van der Waals surface area contributed by atoms with Crippen molar-refractivity contribution in [1.82, 2.24) is 10.3 Å². The molecule has 1 N–H and O–H groups in total. The SMILES string of the molecule is C=CCCOc1ccc(CNC)c(C)n1. The highest BCUT2D eigenvalue weighted by Gasteiger charge is 2.01. The van der Waals surface area contributed by atoms with E-state index >= 15 is 0 Å². The van der Waals surface area contributed by atoms with Gasteiger partial charge in [-0.1, -0.05) is 12.1 Å². The second kappa shape index (κ2) is 6.19. The lowest BCUT2D eigenvalue weighted by Gasteiger charge is -2.08. The highest BCUT2D eigenvalue weighted by molar-refractivity contribution is 5.24. The van der Waals surface area contributed by atoms with Crippen molar-refractivity contribution in [2.24, 2.45) is 0 Å². The topological polar surface area (TPSA) is 34.1 Å². The van der Waals surface area contributed by atoms with Crippen molar-refractivity contribution in [3.63, 3.8) is 0 Å². The van der Waals surface area contributed by atoms with Crippen molar-refractivity contribution in [1.29, 1.82) is 0 Å². The molecule has 82 valence electrons. The molecule has 0 aliphatic heterocycles. The summed E-state index contributed by atoms with van der Waals surface area (Å²) < 4.78 is 5.46. The largest absolute Gasteiger partial charge is 0.477 e. The van der Waals surface area contributed by atoms with Crippen LogP contribution in [0.1, 0.15) is 17.7 Å². The van der Waals surface area contributed by atoms with Crippen LogP contribution in [0, 0.1) is 6.92 Å². The highest BCUT2D eigenvalue weighted by Crippen LogP contribution is 2.12. The second-order valence-corrected chi connectivity index (χ2v) is 3.35. The second-order valence-electron chi connectivity index (χ2n) is 3.35. The Morgan fingerprint density at radius 3 is 2.93 bits per heavy atom. The zero-order valence-electron chi connectivity index (χ0n) is 9.42. The van der Waals surface area contributed by atoms with E-state index in [1.807, 2.05) is 32.2 Å². The van der Waals surface area contributed by atoms with E-state index in [2.05, 4.69) is 16.9 Å². The maximum absolute atomic E-state index is 5.46. The number of nitrogens with zero attached hydrogens (tertiary/aromatic N) is 1. The first-order chi connectivity index (χ1) is 7.27. The van der Waals surface area contributed by atoms with Crippen LogP contribution < -0.4 is 10.1 Å². The number of hydrogen-bond donors (Lipinski definition) is 1. The van der Waals surface area contributed by atoms with Crippen LogP contribution in [0.25, 0.3) is 0 Å². The first kappa shape index (κ1) is 11.7. The zero-order valence-corrected chi connectivity index (χ0v) is 9.42. The average Bonchev–Trinajstić information content (AvgIpc) is 2.23. The molecule has 0 amide bonds. The molecule has 0 bridgehead atoms. The Kier molecular flexibility index (Phi) is 4.84. The number of pyridine rings is 1. The van der Waals surface area contributed by atoms with Crippen LogP contribution in [-0.4, -0.2) is 18.6 Å². The number of aromatic nitrogens is 1. The summed E-state index contributed by atoms with van der Waals surface area (Å²) in [5.41, 5.74) is 2.22. The van der Waals surface area contributed by atoms with Gasteiger partial charge in [0.25, 0.3) is 0 Å². The third-order valence-corrected chi connectivity index (χ3v) is 2.11. The minimum absolute atomic E-state index is 0.640. The van der Waals surface area contributed by atoms with Gasteiger partial charge in [0.1, 0.15) is 0 Å². The summed E-state index contributed by atoms with van der Waals surface area (Å²) in [7, 11) is 1.92. The van der Waals surface area contributed by atoms with Crippen LogP contribution in [0.2, 0.25) is 0 Å². The van der Waals surface area contributed by atoms with Gasteiger partial charge in [-0.3, -0.25) is 0 Å². The molecule has 0 radical (unpaired) electrons. The Labute approximate surface area is 91.2 Å². The molecule has 1 aromatic rings. The molecule has 1 rings (SSSR count). The van der Waals surface area contributed by atoms with Crippen LogP contribution in [-0.2, 0) is 6.54 Å². The quantitative estimate of drug-likeness (QED) is 0.571. The van der Waals surface area contributed by atoms with Crippen LogP contribution in [0.15, 0.2) is 24.8 Å². The lowest BCUT2D eigenvalue weighted by molar-refractivity contribution is 0.311. The minimum atomic E-state index is 0.640. The zero-order chi connectivity index (χ0) is 11.1. The third kappa shape index (κ3) is 3.72. The Bertz CT molecular complexity index is 323. The predicted octanol–water partition coefficient (Wildman–Crippen LogP) is 2.06. The number of nitrogens with one attached hydrogen (secondary N) is 1. The molecule has 1 aromatic heterocycles. The van der Waals surface area contributed by atoms with Gasteiger partial charge < -0.3 is 10.1 Å². The van der Waals surface area contributed by atoms with E-state index in [0.717, 1.165) is 18.7 Å². The molecule has 0 fully saturated rings. The lowest BCUT2D eigenvalue weighted by atomic mass is 10.2.